The molecule has 1 amide bonds. The van der Waals surface area contributed by atoms with E-state index >= 15 is 0 Å². The van der Waals surface area contributed by atoms with Crippen LogP contribution in [0.4, 0.5) is 0 Å². The van der Waals surface area contributed by atoms with Crippen molar-refractivity contribution in [3.63, 3.8) is 0 Å². The lowest BCUT2D eigenvalue weighted by atomic mass is 9.98. The second kappa shape index (κ2) is 11.0. The van der Waals surface area contributed by atoms with E-state index in [9.17, 15) is 4.79 Å². The number of benzene rings is 1. The lowest BCUT2D eigenvalue weighted by molar-refractivity contribution is -0.128. The number of nitrogens with two attached hydrogens (primary N) is 1. The van der Waals surface area contributed by atoms with Crippen LogP contribution in [0.2, 0.25) is 0 Å². The van der Waals surface area contributed by atoms with Crippen LogP contribution >= 0.6 is 24.8 Å². The third-order valence-electron chi connectivity index (χ3n) is 5.43. The number of hydrogen-bond acceptors (Lipinski definition) is 3. The highest BCUT2D eigenvalue weighted by atomic mass is 35.5. The van der Waals surface area contributed by atoms with E-state index in [0.29, 0.717) is 12.5 Å². The lowest BCUT2D eigenvalue weighted by Crippen LogP contribution is -2.52. The van der Waals surface area contributed by atoms with Gasteiger partial charge >= 0.3 is 0 Å². The van der Waals surface area contributed by atoms with E-state index in [1.165, 1.54) is 18.4 Å². The molecule has 1 aromatic carbocycles. The second-order valence-corrected chi connectivity index (χ2v) is 7.01. The Morgan fingerprint density at radius 3 is 2.56 bits per heavy atom. The normalized spacial score (nSPS) is 26.4. The summed E-state index contributed by atoms with van der Waals surface area (Å²) < 4.78 is 0. The molecule has 1 aromatic rings. The molecule has 6 heteroatoms. The summed E-state index contributed by atoms with van der Waals surface area (Å²) in [5, 5.41) is 3.30. The average Bonchev–Trinajstić information content (AvgIpc) is 3.03. The molecule has 142 valence electrons. The summed E-state index contributed by atoms with van der Waals surface area (Å²) in [4.78, 5) is 15.2. The molecule has 0 radical (unpaired) electrons. The summed E-state index contributed by atoms with van der Waals surface area (Å²) in [5.41, 5.74) is 7.13. The largest absolute Gasteiger partial charge is 0.352 e. The van der Waals surface area contributed by atoms with Crippen LogP contribution in [0.25, 0.3) is 0 Å². The van der Waals surface area contributed by atoms with Crippen molar-refractivity contribution in [2.24, 2.45) is 11.7 Å². The number of rotatable bonds is 5. The molecule has 2 fully saturated rings. The molecule has 2 aliphatic rings. The average molecular weight is 388 g/mol. The van der Waals surface area contributed by atoms with E-state index in [0.717, 1.165) is 38.8 Å². The zero-order valence-electron chi connectivity index (χ0n) is 14.7. The van der Waals surface area contributed by atoms with Crippen LogP contribution in [0.3, 0.4) is 0 Å². The Hall–Kier alpha value is -0.810. The number of piperidine rings is 1. The van der Waals surface area contributed by atoms with Gasteiger partial charge in [0.2, 0.25) is 5.91 Å². The number of nitrogens with one attached hydrogen (secondary N) is 1. The van der Waals surface area contributed by atoms with E-state index in [2.05, 4.69) is 34.5 Å². The summed E-state index contributed by atoms with van der Waals surface area (Å²) in [6.45, 7) is 2.56. The Labute approximate surface area is 163 Å². The van der Waals surface area contributed by atoms with Crippen molar-refractivity contribution in [2.75, 3.05) is 13.1 Å². The SMILES string of the molecule is Cl.Cl.NCC1CCCC1NC(=O)C1CCCCN1Cc1ccccc1. The minimum Gasteiger partial charge on any atom is -0.352 e. The highest BCUT2D eigenvalue weighted by Gasteiger charge is 2.33. The van der Waals surface area contributed by atoms with Crippen molar-refractivity contribution in [1.29, 1.82) is 0 Å². The molecule has 3 atom stereocenters. The van der Waals surface area contributed by atoms with Gasteiger partial charge in [-0.25, -0.2) is 0 Å². The van der Waals surface area contributed by atoms with Gasteiger partial charge in [-0.2, -0.15) is 0 Å². The molecular weight excluding hydrogens is 357 g/mol. The summed E-state index contributed by atoms with van der Waals surface area (Å²) >= 11 is 0. The molecule has 3 unspecified atom stereocenters. The van der Waals surface area contributed by atoms with Crippen LogP contribution in [0.15, 0.2) is 30.3 Å². The molecule has 1 aliphatic heterocycles. The first-order chi connectivity index (χ1) is 11.3. The van der Waals surface area contributed by atoms with Crippen molar-refractivity contribution in [1.82, 2.24) is 10.2 Å². The van der Waals surface area contributed by atoms with Gasteiger partial charge in [-0.1, -0.05) is 43.2 Å². The Balaban J connectivity index is 0.00000156. The topological polar surface area (TPSA) is 58.4 Å². The number of hydrogen-bond donors (Lipinski definition) is 2. The quantitative estimate of drug-likeness (QED) is 0.815. The molecule has 25 heavy (non-hydrogen) atoms. The van der Waals surface area contributed by atoms with Gasteiger partial charge < -0.3 is 11.1 Å². The van der Waals surface area contributed by atoms with Gasteiger partial charge in [0.25, 0.3) is 0 Å². The second-order valence-electron chi connectivity index (χ2n) is 7.01. The predicted molar refractivity (Wildman–Crippen MR) is 107 cm³/mol. The molecular formula is C19H31Cl2N3O. The molecule has 4 nitrogen and oxygen atoms in total. The maximum absolute atomic E-state index is 12.8. The Kier molecular flexibility index (Phi) is 9.80. The van der Waals surface area contributed by atoms with Crippen LogP contribution in [-0.4, -0.2) is 36.0 Å². The van der Waals surface area contributed by atoms with E-state index in [1.54, 1.807) is 0 Å². The minimum atomic E-state index is 0. The maximum atomic E-state index is 12.8. The van der Waals surface area contributed by atoms with E-state index in [4.69, 9.17) is 5.73 Å². The molecule has 1 saturated carbocycles. The van der Waals surface area contributed by atoms with Crippen molar-refractivity contribution in [3.8, 4) is 0 Å². The van der Waals surface area contributed by atoms with Gasteiger partial charge in [-0.05, 0) is 50.3 Å². The lowest BCUT2D eigenvalue weighted by Gasteiger charge is -2.35. The van der Waals surface area contributed by atoms with Gasteiger partial charge in [0.05, 0.1) is 6.04 Å². The predicted octanol–water partition coefficient (Wildman–Crippen LogP) is 3.13. The summed E-state index contributed by atoms with van der Waals surface area (Å²) in [6.07, 6.45) is 6.72. The fourth-order valence-corrected chi connectivity index (χ4v) is 4.08. The fourth-order valence-electron chi connectivity index (χ4n) is 4.08. The van der Waals surface area contributed by atoms with Crippen LogP contribution in [0.1, 0.15) is 44.1 Å². The standard InChI is InChI=1S/C19H29N3O.2ClH/c20-13-16-9-6-10-17(16)21-19(23)18-11-4-5-12-22(18)14-15-7-2-1-3-8-15;;/h1-3,7-8,16-18H,4-6,9-14,20H2,(H,21,23);2*1H. The monoisotopic (exact) mass is 387 g/mol. The van der Waals surface area contributed by atoms with Crippen LogP contribution in [-0.2, 0) is 11.3 Å². The zero-order chi connectivity index (χ0) is 16.1. The Morgan fingerprint density at radius 1 is 1.08 bits per heavy atom. The molecule has 1 saturated heterocycles. The molecule has 0 bridgehead atoms. The third-order valence-corrected chi connectivity index (χ3v) is 5.43. The van der Waals surface area contributed by atoms with Crippen molar-refractivity contribution in [2.45, 2.75) is 57.2 Å². The van der Waals surface area contributed by atoms with Crippen LogP contribution < -0.4 is 11.1 Å². The van der Waals surface area contributed by atoms with Crippen LogP contribution in [0.5, 0.6) is 0 Å². The highest BCUT2D eigenvalue weighted by molar-refractivity contribution is 5.85. The van der Waals surface area contributed by atoms with E-state index in [1.807, 2.05) is 6.07 Å². The summed E-state index contributed by atoms with van der Waals surface area (Å²) in [5.74, 6) is 0.677. The number of carbonyl (C=O) groups excluding carboxylic acids is 1. The maximum Gasteiger partial charge on any atom is 0.237 e. The van der Waals surface area contributed by atoms with E-state index < -0.39 is 0 Å². The molecule has 3 rings (SSSR count). The molecule has 1 aliphatic carbocycles. The first-order valence-electron chi connectivity index (χ1n) is 9.06. The summed E-state index contributed by atoms with van der Waals surface area (Å²) in [7, 11) is 0. The number of carbonyl (C=O) groups is 1. The minimum absolute atomic E-state index is 0. The Morgan fingerprint density at radius 2 is 1.84 bits per heavy atom. The van der Waals surface area contributed by atoms with Gasteiger partial charge in [0, 0.05) is 12.6 Å². The molecule has 0 aromatic heterocycles. The van der Waals surface area contributed by atoms with Gasteiger partial charge in [0.15, 0.2) is 0 Å². The van der Waals surface area contributed by atoms with Gasteiger partial charge in [-0.3, -0.25) is 9.69 Å². The molecule has 3 N–H and O–H groups in total. The first-order valence-corrected chi connectivity index (χ1v) is 9.06. The molecule has 0 spiro atoms. The molecule has 1 heterocycles. The van der Waals surface area contributed by atoms with Crippen molar-refractivity contribution < 1.29 is 4.79 Å². The van der Waals surface area contributed by atoms with E-state index in [-0.39, 0.29) is 42.8 Å². The summed E-state index contributed by atoms with van der Waals surface area (Å²) in [6, 6.07) is 10.8. The third kappa shape index (κ3) is 5.85. The smallest absolute Gasteiger partial charge is 0.237 e. The highest BCUT2D eigenvalue weighted by Crippen LogP contribution is 2.26. The fraction of sp³-hybridized carbons (Fsp3) is 0.632. The number of amides is 1. The van der Waals surface area contributed by atoms with Crippen molar-refractivity contribution in [3.05, 3.63) is 35.9 Å². The van der Waals surface area contributed by atoms with Gasteiger partial charge in [-0.15, -0.1) is 24.8 Å². The number of nitrogens with zero attached hydrogens (tertiary/aromatic N) is 1. The zero-order valence-corrected chi connectivity index (χ0v) is 16.4. The van der Waals surface area contributed by atoms with Gasteiger partial charge in [0.1, 0.15) is 0 Å². The number of halogens is 2. The van der Waals surface area contributed by atoms with Crippen molar-refractivity contribution >= 4 is 30.7 Å². The van der Waals surface area contributed by atoms with Crippen LogP contribution in [0, 0.1) is 5.92 Å². The first kappa shape index (κ1) is 22.2. The Bertz CT molecular complexity index is 515. The number of likely N-dealkylation sites (tertiary alicyclic amines) is 1.